The van der Waals surface area contributed by atoms with Crippen LogP contribution in [0.25, 0.3) is 0 Å². The van der Waals surface area contributed by atoms with E-state index in [2.05, 4.69) is 5.32 Å². The van der Waals surface area contributed by atoms with Gasteiger partial charge in [0.15, 0.2) is 0 Å². The standard InChI is InChI=1S/C12H19NO2S/c1-10(9-16(3)14)13-8-11-4-6-12(15-2)7-5-11/h4-7,10,13H,8-9H2,1-3H3. The Bertz CT molecular complexity index is 337. The van der Waals surface area contributed by atoms with E-state index in [1.54, 1.807) is 13.4 Å². The summed E-state index contributed by atoms with van der Waals surface area (Å²) >= 11 is 0. The van der Waals surface area contributed by atoms with E-state index in [1.165, 1.54) is 5.56 Å². The van der Waals surface area contributed by atoms with Gasteiger partial charge in [-0.3, -0.25) is 4.21 Å². The molecule has 4 heteroatoms. The molecule has 0 aromatic heterocycles. The molecule has 90 valence electrons. The Morgan fingerprint density at radius 1 is 1.38 bits per heavy atom. The lowest BCUT2D eigenvalue weighted by atomic mass is 10.2. The zero-order valence-electron chi connectivity index (χ0n) is 10.0. The molecule has 0 saturated heterocycles. The van der Waals surface area contributed by atoms with Crippen molar-refractivity contribution in [3.05, 3.63) is 29.8 Å². The highest BCUT2D eigenvalue weighted by atomic mass is 32.2. The third-order valence-electron chi connectivity index (χ3n) is 2.30. The first-order chi connectivity index (χ1) is 7.61. The Kier molecular flexibility index (Phi) is 5.49. The largest absolute Gasteiger partial charge is 0.497 e. The van der Waals surface area contributed by atoms with E-state index in [0.717, 1.165) is 12.3 Å². The van der Waals surface area contributed by atoms with Gasteiger partial charge in [0.2, 0.25) is 0 Å². The molecule has 1 aromatic carbocycles. The van der Waals surface area contributed by atoms with Crippen molar-refractivity contribution >= 4 is 10.8 Å². The molecule has 0 spiro atoms. The fraction of sp³-hybridized carbons (Fsp3) is 0.500. The smallest absolute Gasteiger partial charge is 0.118 e. The normalized spacial score (nSPS) is 14.4. The van der Waals surface area contributed by atoms with Crippen molar-refractivity contribution in [2.45, 2.75) is 19.5 Å². The molecule has 0 aliphatic rings. The summed E-state index contributed by atoms with van der Waals surface area (Å²) in [4.78, 5) is 0. The van der Waals surface area contributed by atoms with Crippen molar-refractivity contribution in [1.82, 2.24) is 5.32 Å². The Morgan fingerprint density at radius 3 is 2.50 bits per heavy atom. The monoisotopic (exact) mass is 241 g/mol. The van der Waals surface area contributed by atoms with Gasteiger partial charge in [-0.25, -0.2) is 0 Å². The van der Waals surface area contributed by atoms with Crippen molar-refractivity contribution in [2.24, 2.45) is 0 Å². The average Bonchev–Trinajstić information content (AvgIpc) is 2.26. The van der Waals surface area contributed by atoms with Gasteiger partial charge in [-0.2, -0.15) is 0 Å². The van der Waals surface area contributed by atoms with Gasteiger partial charge in [0, 0.05) is 35.4 Å². The molecule has 1 N–H and O–H groups in total. The zero-order chi connectivity index (χ0) is 12.0. The summed E-state index contributed by atoms with van der Waals surface area (Å²) in [6.45, 7) is 2.84. The van der Waals surface area contributed by atoms with Crippen LogP contribution < -0.4 is 10.1 Å². The van der Waals surface area contributed by atoms with Gasteiger partial charge < -0.3 is 10.1 Å². The van der Waals surface area contributed by atoms with Crippen molar-refractivity contribution in [1.29, 1.82) is 0 Å². The van der Waals surface area contributed by atoms with E-state index in [-0.39, 0.29) is 6.04 Å². The van der Waals surface area contributed by atoms with Crippen LogP contribution in [0.4, 0.5) is 0 Å². The van der Waals surface area contributed by atoms with Gasteiger partial charge in [-0.1, -0.05) is 12.1 Å². The van der Waals surface area contributed by atoms with E-state index in [4.69, 9.17) is 4.74 Å². The molecule has 2 atom stereocenters. The molecule has 0 bridgehead atoms. The van der Waals surface area contributed by atoms with E-state index >= 15 is 0 Å². The van der Waals surface area contributed by atoms with Gasteiger partial charge in [0.05, 0.1) is 7.11 Å². The highest BCUT2D eigenvalue weighted by Gasteiger charge is 2.03. The van der Waals surface area contributed by atoms with E-state index in [9.17, 15) is 4.21 Å². The number of rotatable bonds is 6. The molecule has 0 saturated carbocycles. The van der Waals surface area contributed by atoms with E-state index < -0.39 is 10.8 Å². The fourth-order valence-electron chi connectivity index (χ4n) is 1.45. The third-order valence-corrected chi connectivity index (χ3v) is 3.27. The summed E-state index contributed by atoms with van der Waals surface area (Å²) < 4.78 is 16.1. The molecule has 0 radical (unpaired) electrons. The van der Waals surface area contributed by atoms with E-state index in [1.807, 2.05) is 31.2 Å². The molecule has 1 aromatic rings. The predicted molar refractivity (Wildman–Crippen MR) is 68.2 cm³/mol. The highest BCUT2D eigenvalue weighted by Crippen LogP contribution is 2.11. The molecule has 0 aliphatic heterocycles. The number of hydrogen-bond donors (Lipinski definition) is 1. The molecule has 2 unspecified atom stereocenters. The highest BCUT2D eigenvalue weighted by molar-refractivity contribution is 7.84. The van der Waals surface area contributed by atoms with Crippen LogP contribution in [-0.2, 0) is 17.3 Å². The van der Waals surface area contributed by atoms with Crippen LogP contribution in [0.1, 0.15) is 12.5 Å². The summed E-state index contributed by atoms with van der Waals surface area (Å²) in [7, 11) is 0.917. The third kappa shape index (κ3) is 4.77. The first kappa shape index (κ1) is 13.2. The van der Waals surface area contributed by atoms with E-state index in [0.29, 0.717) is 5.75 Å². The van der Waals surface area contributed by atoms with Crippen molar-refractivity contribution in [3.8, 4) is 5.75 Å². The summed E-state index contributed by atoms with van der Waals surface area (Å²) in [6.07, 6.45) is 1.73. The second-order valence-corrected chi connectivity index (χ2v) is 5.35. The maximum Gasteiger partial charge on any atom is 0.118 e. The average molecular weight is 241 g/mol. The topological polar surface area (TPSA) is 38.3 Å². The van der Waals surface area contributed by atoms with Crippen LogP contribution in [0.5, 0.6) is 5.75 Å². The van der Waals surface area contributed by atoms with Gasteiger partial charge in [-0.05, 0) is 24.6 Å². The lowest BCUT2D eigenvalue weighted by molar-refractivity contribution is 0.414. The van der Waals surface area contributed by atoms with Gasteiger partial charge in [0.25, 0.3) is 0 Å². The second kappa shape index (κ2) is 6.66. The summed E-state index contributed by atoms with van der Waals surface area (Å²) in [5.41, 5.74) is 1.20. The first-order valence-corrected chi connectivity index (χ1v) is 7.01. The molecule has 0 fully saturated rings. The maximum absolute atomic E-state index is 11.0. The van der Waals surface area contributed by atoms with Crippen LogP contribution in [0, 0.1) is 0 Å². The Balaban J connectivity index is 2.39. The van der Waals surface area contributed by atoms with Gasteiger partial charge >= 0.3 is 0 Å². The fourth-order valence-corrected chi connectivity index (χ4v) is 2.27. The minimum Gasteiger partial charge on any atom is -0.497 e. The number of benzene rings is 1. The summed E-state index contributed by atoms with van der Waals surface area (Å²) in [5.74, 6) is 1.56. The quantitative estimate of drug-likeness (QED) is 0.821. The Hall–Kier alpha value is -0.870. The molecule has 1 rings (SSSR count). The Labute approximate surface area is 99.7 Å². The van der Waals surface area contributed by atoms with Crippen molar-refractivity contribution in [2.75, 3.05) is 19.1 Å². The number of hydrogen-bond acceptors (Lipinski definition) is 3. The molecule has 0 amide bonds. The van der Waals surface area contributed by atoms with Crippen LogP contribution in [0.15, 0.2) is 24.3 Å². The molecule has 16 heavy (non-hydrogen) atoms. The van der Waals surface area contributed by atoms with Gasteiger partial charge in [0.1, 0.15) is 5.75 Å². The lowest BCUT2D eigenvalue weighted by Crippen LogP contribution is -2.30. The SMILES string of the molecule is COc1ccc(CNC(C)CS(C)=O)cc1. The zero-order valence-corrected chi connectivity index (χ0v) is 10.8. The molecular formula is C12H19NO2S. The van der Waals surface area contributed by atoms with Crippen molar-refractivity contribution in [3.63, 3.8) is 0 Å². The van der Waals surface area contributed by atoms with Crippen LogP contribution in [0.3, 0.4) is 0 Å². The number of ether oxygens (including phenoxy) is 1. The predicted octanol–water partition coefficient (Wildman–Crippen LogP) is 1.55. The van der Waals surface area contributed by atoms with Gasteiger partial charge in [-0.15, -0.1) is 0 Å². The summed E-state index contributed by atoms with van der Waals surface area (Å²) in [6, 6.07) is 8.22. The number of methoxy groups -OCH3 is 1. The van der Waals surface area contributed by atoms with Crippen molar-refractivity contribution < 1.29 is 8.95 Å². The molecule has 3 nitrogen and oxygen atoms in total. The summed E-state index contributed by atoms with van der Waals surface area (Å²) in [5, 5.41) is 3.33. The maximum atomic E-state index is 11.0. The minimum atomic E-state index is -0.741. The van der Waals surface area contributed by atoms with Crippen LogP contribution in [-0.4, -0.2) is 29.4 Å². The first-order valence-electron chi connectivity index (χ1n) is 5.28. The van der Waals surface area contributed by atoms with Crippen LogP contribution in [0.2, 0.25) is 0 Å². The number of nitrogens with one attached hydrogen (secondary N) is 1. The molecular weight excluding hydrogens is 222 g/mol. The second-order valence-electron chi connectivity index (χ2n) is 3.87. The van der Waals surface area contributed by atoms with Crippen LogP contribution >= 0.6 is 0 Å². The molecule has 0 aliphatic carbocycles. The lowest BCUT2D eigenvalue weighted by Gasteiger charge is -2.12. The minimum absolute atomic E-state index is 0.271. The molecule has 0 heterocycles. The Morgan fingerprint density at radius 2 is 2.00 bits per heavy atom.